The minimum absolute atomic E-state index is 0.290. The lowest BCUT2D eigenvalue weighted by Gasteiger charge is -1.98. The Labute approximate surface area is 75.9 Å². The monoisotopic (exact) mass is 168 g/mol. The molecular formula is C11H20O. The second-order valence-electron chi connectivity index (χ2n) is 3.39. The Morgan fingerprint density at radius 1 is 1.25 bits per heavy atom. The van der Waals surface area contributed by atoms with Crippen molar-refractivity contribution in [3.05, 3.63) is 11.6 Å². The molecule has 0 fully saturated rings. The van der Waals surface area contributed by atoms with E-state index in [9.17, 15) is 4.79 Å². The number of carbonyl (C=O) groups is 1. The van der Waals surface area contributed by atoms with E-state index < -0.39 is 0 Å². The van der Waals surface area contributed by atoms with Gasteiger partial charge in [0.2, 0.25) is 0 Å². The van der Waals surface area contributed by atoms with Gasteiger partial charge in [0.25, 0.3) is 0 Å². The van der Waals surface area contributed by atoms with E-state index in [0.29, 0.717) is 12.2 Å². The molecule has 0 aliphatic heterocycles. The molecular weight excluding hydrogens is 148 g/mol. The highest BCUT2D eigenvalue weighted by atomic mass is 16.1. The van der Waals surface area contributed by atoms with Gasteiger partial charge in [0.1, 0.15) is 5.78 Å². The highest BCUT2D eigenvalue weighted by molar-refractivity contribution is 5.75. The van der Waals surface area contributed by atoms with Gasteiger partial charge in [-0.2, -0.15) is 0 Å². The van der Waals surface area contributed by atoms with Crippen LogP contribution in [0.3, 0.4) is 0 Å². The SMILES string of the molecule is CCCC/C=C(\C)CCC(C)=O. The zero-order valence-electron chi connectivity index (χ0n) is 8.52. The molecule has 0 aromatic heterocycles. The van der Waals surface area contributed by atoms with Crippen LogP contribution in [0.15, 0.2) is 11.6 Å². The van der Waals surface area contributed by atoms with Crippen LogP contribution in [0.5, 0.6) is 0 Å². The van der Waals surface area contributed by atoms with Gasteiger partial charge in [0, 0.05) is 6.42 Å². The van der Waals surface area contributed by atoms with Crippen molar-refractivity contribution >= 4 is 5.78 Å². The first kappa shape index (κ1) is 11.4. The van der Waals surface area contributed by atoms with Gasteiger partial charge in [-0.3, -0.25) is 0 Å². The molecule has 0 saturated carbocycles. The Bertz CT molecular complexity index is 156. The van der Waals surface area contributed by atoms with Crippen molar-refractivity contribution in [3.8, 4) is 0 Å². The molecule has 70 valence electrons. The molecule has 1 heteroatoms. The third kappa shape index (κ3) is 7.52. The van der Waals surface area contributed by atoms with Crippen LogP contribution < -0.4 is 0 Å². The zero-order chi connectivity index (χ0) is 9.40. The molecule has 0 aliphatic rings. The second-order valence-corrected chi connectivity index (χ2v) is 3.39. The van der Waals surface area contributed by atoms with Gasteiger partial charge in [-0.25, -0.2) is 0 Å². The van der Waals surface area contributed by atoms with E-state index in [1.807, 2.05) is 0 Å². The molecule has 0 aromatic carbocycles. The quantitative estimate of drug-likeness (QED) is 0.438. The first-order chi connectivity index (χ1) is 5.66. The summed E-state index contributed by atoms with van der Waals surface area (Å²) in [6.45, 7) is 5.96. The van der Waals surface area contributed by atoms with Crippen molar-refractivity contribution in [1.82, 2.24) is 0 Å². The molecule has 0 amide bonds. The summed E-state index contributed by atoms with van der Waals surface area (Å²) in [5.74, 6) is 0.290. The van der Waals surface area contributed by atoms with Crippen LogP contribution >= 0.6 is 0 Å². The van der Waals surface area contributed by atoms with Gasteiger partial charge >= 0.3 is 0 Å². The maximum atomic E-state index is 10.7. The Morgan fingerprint density at radius 2 is 1.92 bits per heavy atom. The van der Waals surface area contributed by atoms with Gasteiger partial charge in [-0.1, -0.05) is 31.4 Å². The molecule has 1 nitrogen and oxygen atoms in total. The highest BCUT2D eigenvalue weighted by Crippen LogP contribution is 2.07. The van der Waals surface area contributed by atoms with Crippen molar-refractivity contribution in [2.75, 3.05) is 0 Å². The summed E-state index contributed by atoms with van der Waals surface area (Å²) in [5, 5.41) is 0. The average Bonchev–Trinajstić information content (AvgIpc) is 2.01. The van der Waals surface area contributed by atoms with Crippen molar-refractivity contribution in [2.45, 2.75) is 52.9 Å². The van der Waals surface area contributed by atoms with E-state index in [2.05, 4.69) is 19.9 Å². The third-order valence-corrected chi connectivity index (χ3v) is 1.92. The van der Waals surface area contributed by atoms with Crippen molar-refractivity contribution < 1.29 is 4.79 Å². The van der Waals surface area contributed by atoms with Crippen molar-refractivity contribution in [2.24, 2.45) is 0 Å². The summed E-state index contributed by atoms with van der Waals surface area (Å²) < 4.78 is 0. The Balaban J connectivity index is 3.48. The fourth-order valence-corrected chi connectivity index (χ4v) is 1.03. The van der Waals surface area contributed by atoms with E-state index in [1.165, 1.54) is 24.8 Å². The summed E-state index contributed by atoms with van der Waals surface area (Å²) in [5.41, 5.74) is 1.36. The lowest BCUT2D eigenvalue weighted by atomic mass is 10.1. The van der Waals surface area contributed by atoms with E-state index in [0.717, 1.165) is 6.42 Å². The van der Waals surface area contributed by atoms with Crippen LogP contribution in [-0.4, -0.2) is 5.78 Å². The number of allylic oxidation sites excluding steroid dienone is 2. The zero-order valence-corrected chi connectivity index (χ0v) is 8.52. The molecule has 0 saturated heterocycles. The predicted molar refractivity (Wildman–Crippen MR) is 53.2 cm³/mol. The van der Waals surface area contributed by atoms with E-state index in [-0.39, 0.29) is 0 Å². The lowest BCUT2D eigenvalue weighted by Crippen LogP contribution is -1.89. The van der Waals surface area contributed by atoms with Crippen molar-refractivity contribution in [1.29, 1.82) is 0 Å². The van der Waals surface area contributed by atoms with Crippen LogP contribution in [0, 0.1) is 0 Å². The molecule has 0 radical (unpaired) electrons. The third-order valence-electron chi connectivity index (χ3n) is 1.92. The Morgan fingerprint density at radius 3 is 2.42 bits per heavy atom. The Hall–Kier alpha value is -0.590. The summed E-state index contributed by atoms with van der Waals surface area (Å²) >= 11 is 0. The van der Waals surface area contributed by atoms with E-state index in [4.69, 9.17) is 0 Å². The van der Waals surface area contributed by atoms with E-state index in [1.54, 1.807) is 6.92 Å². The van der Waals surface area contributed by atoms with Crippen LogP contribution in [0.1, 0.15) is 52.9 Å². The van der Waals surface area contributed by atoms with Gasteiger partial charge in [-0.05, 0) is 26.7 Å². The molecule has 0 bridgehead atoms. The van der Waals surface area contributed by atoms with Gasteiger partial charge in [0.05, 0.1) is 0 Å². The molecule has 0 unspecified atom stereocenters. The number of rotatable bonds is 6. The number of Topliss-reactive ketones (excluding diaryl/α,β-unsaturated/α-hetero) is 1. The number of ketones is 1. The Kier molecular flexibility index (Phi) is 6.73. The van der Waals surface area contributed by atoms with Crippen LogP contribution in [0.2, 0.25) is 0 Å². The number of carbonyl (C=O) groups excluding carboxylic acids is 1. The predicted octanol–water partition coefficient (Wildman–Crippen LogP) is 3.49. The standard InChI is InChI=1S/C11H20O/c1-4-5-6-7-10(2)8-9-11(3)12/h7H,4-6,8-9H2,1-3H3/b10-7+. The fourth-order valence-electron chi connectivity index (χ4n) is 1.03. The lowest BCUT2D eigenvalue weighted by molar-refractivity contribution is -0.116. The number of hydrogen-bond donors (Lipinski definition) is 0. The second kappa shape index (κ2) is 7.08. The summed E-state index contributed by atoms with van der Waals surface area (Å²) in [7, 11) is 0. The molecule has 0 aromatic rings. The molecule has 0 atom stereocenters. The largest absolute Gasteiger partial charge is 0.300 e. The van der Waals surface area contributed by atoms with Gasteiger partial charge in [-0.15, -0.1) is 0 Å². The minimum Gasteiger partial charge on any atom is -0.300 e. The van der Waals surface area contributed by atoms with Crippen LogP contribution in [0.25, 0.3) is 0 Å². The first-order valence-electron chi connectivity index (χ1n) is 4.82. The normalized spacial score (nSPS) is 11.8. The average molecular weight is 168 g/mol. The van der Waals surface area contributed by atoms with Crippen LogP contribution in [-0.2, 0) is 4.79 Å². The summed E-state index contributed by atoms with van der Waals surface area (Å²) in [4.78, 5) is 10.7. The maximum Gasteiger partial charge on any atom is 0.130 e. The van der Waals surface area contributed by atoms with Crippen LogP contribution in [0.4, 0.5) is 0 Å². The molecule has 0 N–H and O–H groups in total. The fraction of sp³-hybridized carbons (Fsp3) is 0.727. The summed E-state index contributed by atoms with van der Waals surface area (Å²) in [6, 6.07) is 0. The minimum atomic E-state index is 0.290. The van der Waals surface area contributed by atoms with Crippen molar-refractivity contribution in [3.63, 3.8) is 0 Å². The molecule has 0 rings (SSSR count). The van der Waals surface area contributed by atoms with Gasteiger partial charge in [0.15, 0.2) is 0 Å². The smallest absolute Gasteiger partial charge is 0.130 e. The topological polar surface area (TPSA) is 17.1 Å². The number of unbranched alkanes of at least 4 members (excludes halogenated alkanes) is 2. The summed E-state index contributed by atoms with van der Waals surface area (Å²) in [6.07, 6.45) is 7.58. The first-order valence-corrected chi connectivity index (χ1v) is 4.82. The number of hydrogen-bond acceptors (Lipinski definition) is 1. The maximum absolute atomic E-state index is 10.7. The van der Waals surface area contributed by atoms with Gasteiger partial charge < -0.3 is 4.79 Å². The highest BCUT2D eigenvalue weighted by Gasteiger charge is 1.94. The molecule has 0 aliphatic carbocycles. The molecule has 12 heavy (non-hydrogen) atoms. The molecule has 0 heterocycles. The van der Waals surface area contributed by atoms with E-state index >= 15 is 0 Å². The molecule has 0 spiro atoms.